The first-order valence-electron chi connectivity index (χ1n) is 5.61. The minimum absolute atomic E-state index is 0.107. The van der Waals surface area contributed by atoms with Crippen LogP contribution in [0.15, 0.2) is 23.0 Å². The van der Waals surface area contributed by atoms with Gasteiger partial charge >= 0.3 is 0 Å². The lowest BCUT2D eigenvalue weighted by Crippen LogP contribution is -2.35. The molecule has 1 aromatic heterocycles. The highest BCUT2D eigenvalue weighted by Gasteiger charge is 2.22. The highest BCUT2D eigenvalue weighted by molar-refractivity contribution is 5.92. The molecule has 0 aromatic carbocycles. The van der Waals surface area contributed by atoms with E-state index in [0.717, 1.165) is 6.54 Å². The third kappa shape index (κ3) is 2.32. The molecule has 1 aromatic rings. The van der Waals surface area contributed by atoms with Gasteiger partial charge in [0.1, 0.15) is 5.69 Å². The van der Waals surface area contributed by atoms with Crippen LogP contribution in [0.5, 0.6) is 0 Å². The number of amides is 1. The Hall–Kier alpha value is -1.58. The van der Waals surface area contributed by atoms with Crippen LogP contribution in [0.1, 0.15) is 29.8 Å². The number of nitrogens with zero attached hydrogens (tertiary/aromatic N) is 1. The molecule has 4 nitrogen and oxygen atoms in total. The number of H-pyrrole nitrogens is 1. The van der Waals surface area contributed by atoms with E-state index in [1.807, 2.05) is 0 Å². The maximum absolute atomic E-state index is 11.9. The van der Waals surface area contributed by atoms with Crippen LogP contribution >= 0.6 is 0 Å². The maximum Gasteiger partial charge on any atom is 0.270 e. The smallest absolute Gasteiger partial charge is 0.270 e. The van der Waals surface area contributed by atoms with Crippen LogP contribution in [0.2, 0.25) is 0 Å². The Morgan fingerprint density at radius 1 is 1.50 bits per heavy atom. The molecular weight excluding hydrogens is 204 g/mol. The maximum atomic E-state index is 11.9. The third-order valence-electron chi connectivity index (χ3n) is 3.10. The molecule has 0 unspecified atom stereocenters. The van der Waals surface area contributed by atoms with Gasteiger partial charge in [0.25, 0.3) is 5.91 Å². The number of hydrogen-bond donors (Lipinski definition) is 1. The fourth-order valence-electron chi connectivity index (χ4n) is 1.92. The first-order chi connectivity index (χ1) is 7.66. The number of aromatic nitrogens is 1. The average Bonchev–Trinajstić information content (AvgIpc) is 2.22. The van der Waals surface area contributed by atoms with Gasteiger partial charge in [0, 0.05) is 19.7 Å². The lowest BCUT2D eigenvalue weighted by atomic mass is 9.85. The number of nitrogens with one attached hydrogen (secondary N) is 1. The molecule has 0 bridgehead atoms. The van der Waals surface area contributed by atoms with E-state index in [2.05, 4.69) is 4.98 Å². The highest BCUT2D eigenvalue weighted by Crippen LogP contribution is 2.26. The van der Waals surface area contributed by atoms with Gasteiger partial charge in [0.05, 0.1) is 0 Å². The monoisotopic (exact) mass is 220 g/mol. The molecule has 16 heavy (non-hydrogen) atoms. The van der Waals surface area contributed by atoms with Gasteiger partial charge in [-0.15, -0.1) is 0 Å². The number of rotatable bonds is 3. The summed E-state index contributed by atoms with van der Waals surface area (Å²) < 4.78 is 0. The minimum Gasteiger partial charge on any atom is -0.340 e. The van der Waals surface area contributed by atoms with Crippen molar-refractivity contribution in [3.8, 4) is 0 Å². The van der Waals surface area contributed by atoms with Crippen molar-refractivity contribution in [2.75, 3.05) is 13.6 Å². The van der Waals surface area contributed by atoms with Crippen LogP contribution < -0.4 is 5.56 Å². The van der Waals surface area contributed by atoms with E-state index in [9.17, 15) is 9.59 Å². The summed E-state index contributed by atoms with van der Waals surface area (Å²) in [6.07, 6.45) is 3.70. The van der Waals surface area contributed by atoms with Crippen LogP contribution in [0.3, 0.4) is 0 Å². The quantitative estimate of drug-likeness (QED) is 0.833. The van der Waals surface area contributed by atoms with Gasteiger partial charge in [0.2, 0.25) is 5.56 Å². The van der Waals surface area contributed by atoms with E-state index in [4.69, 9.17) is 0 Å². The summed E-state index contributed by atoms with van der Waals surface area (Å²) in [4.78, 5) is 27.2. The molecule has 0 radical (unpaired) electrons. The molecule has 2 rings (SSSR count). The van der Waals surface area contributed by atoms with Gasteiger partial charge in [-0.1, -0.05) is 12.5 Å². The number of aromatic amines is 1. The second-order valence-corrected chi connectivity index (χ2v) is 4.41. The van der Waals surface area contributed by atoms with E-state index >= 15 is 0 Å². The SMILES string of the molecule is CN(CC1CCC1)C(=O)c1cccc(=O)[nH]1. The van der Waals surface area contributed by atoms with Crippen molar-refractivity contribution in [1.82, 2.24) is 9.88 Å². The molecule has 0 atom stereocenters. The van der Waals surface area contributed by atoms with Crippen molar-refractivity contribution in [3.63, 3.8) is 0 Å². The van der Waals surface area contributed by atoms with Crippen molar-refractivity contribution >= 4 is 5.91 Å². The van der Waals surface area contributed by atoms with Crippen LogP contribution in [0, 0.1) is 5.92 Å². The minimum atomic E-state index is -0.233. The molecule has 1 aliphatic carbocycles. The number of pyridine rings is 1. The van der Waals surface area contributed by atoms with Crippen LogP contribution in [-0.2, 0) is 0 Å². The molecule has 1 fully saturated rings. The predicted octanol–water partition coefficient (Wildman–Crippen LogP) is 1.25. The molecule has 1 aliphatic rings. The first-order valence-corrected chi connectivity index (χ1v) is 5.61. The number of hydrogen-bond acceptors (Lipinski definition) is 2. The van der Waals surface area contributed by atoms with E-state index in [0.29, 0.717) is 11.6 Å². The summed E-state index contributed by atoms with van der Waals surface area (Å²) in [6.45, 7) is 0.787. The fourth-order valence-corrected chi connectivity index (χ4v) is 1.92. The van der Waals surface area contributed by atoms with Crippen molar-refractivity contribution in [2.45, 2.75) is 19.3 Å². The molecule has 1 N–H and O–H groups in total. The highest BCUT2D eigenvalue weighted by atomic mass is 16.2. The Bertz CT molecular complexity index is 435. The summed E-state index contributed by atoms with van der Waals surface area (Å²) >= 11 is 0. The molecule has 1 heterocycles. The van der Waals surface area contributed by atoms with Gasteiger partial charge in [-0.05, 0) is 24.8 Å². The van der Waals surface area contributed by atoms with Gasteiger partial charge in [0.15, 0.2) is 0 Å². The van der Waals surface area contributed by atoms with Crippen LogP contribution in [0.4, 0.5) is 0 Å². The van der Waals surface area contributed by atoms with E-state index in [1.165, 1.54) is 25.3 Å². The molecule has 0 spiro atoms. The summed E-state index contributed by atoms with van der Waals surface area (Å²) in [7, 11) is 1.78. The molecular formula is C12H16N2O2. The first kappa shape index (κ1) is 10.9. The van der Waals surface area contributed by atoms with Crippen molar-refractivity contribution in [2.24, 2.45) is 5.92 Å². The van der Waals surface area contributed by atoms with Crippen molar-refractivity contribution < 1.29 is 4.79 Å². The van der Waals surface area contributed by atoms with Gasteiger partial charge < -0.3 is 9.88 Å². The van der Waals surface area contributed by atoms with Gasteiger partial charge in [-0.25, -0.2) is 0 Å². The van der Waals surface area contributed by atoms with Crippen LogP contribution in [-0.4, -0.2) is 29.4 Å². The van der Waals surface area contributed by atoms with Gasteiger partial charge in [-0.2, -0.15) is 0 Å². The van der Waals surface area contributed by atoms with Gasteiger partial charge in [-0.3, -0.25) is 9.59 Å². The zero-order valence-electron chi connectivity index (χ0n) is 9.40. The summed E-state index contributed by atoms with van der Waals surface area (Å²) in [6, 6.07) is 4.65. The molecule has 1 saturated carbocycles. The van der Waals surface area contributed by atoms with E-state index in [1.54, 1.807) is 24.1 Å². The molecule has 4 heteroatoms. The third-order valence-corrected chi connectivity index (χ3v) is 3.10. The lowest BCUT2D eigenvalue weighted by Gasteiger charge is -2.30. The zero-order valence-corrected chi connectivity index (χ0v) is 9.40. The lowest BCUT2D eigenvalue weighted by molar-refractivity contribution is 0.0739. The fraction of sp³-hybridized carbons (Fsp3) is 0.500. The predicted molar refractivity (Wildman–Crippen MR) is 61.4 cm³/mol. The average molecular weight is 220 g/mol. The molecule has 86 valence electrons. The Morgan fingerprint density at radius 2 is 2.25 bits per heavy atom. The molecule has 0 saturated heterocycles. The Kier molecular flexibility index (Phi) is 3.08. The van der Waals surface area contributed by atoms with Crippen molar-refractivity contribution in [1.29, 1.82) is 0 Å². The summed E-state index contributed by atoms with van der Waals surface area (Å²) in [5.74, 6) is 0.536. The number of carbonyl (C=O) groups excluding carboxylic acids is 1. The Balaban J connectivity index is 2.03. The zero-order chi connectivity index (χ0) is 11.5. The standard InChI is InChI=1S/C12H16N2O2/c1-14(8-9-4-2-5-9)12(16)10-6-3-7-11(15)13-10/h3,6-7,9H,2,4-5,8H2,1H3,(H,13,15). The second kappa shape index (κ2) is 4.51. The Labute approximate surface area is 94.3 Å². The topological polar surface area (TPSA) is 53.2 Å². The van der Waals surface area contributed by atoms with E-state index in [-0.39, 0.29) is 11.5 Å². The van der Waals surface area contributed by atoms with Crippen LogP contribution in [0.25, 0.3) is 0 Å². The van der Waals surface area contributed by atoms with E-state index < -0.39 is 0 Å². The molecule has 0 aliphatic heterocycles. The molecule has 1 amide bonds. The Morgan fingerprint density at radius 3 is 2.81 bits per heavy atom. The second-order valence-electron chi connectivity index (χ2n) is 4.41. The number of carbonyl (C=O) groups is 1. The summed E-state index contributed by atoms with van der Waals surface area (Å²) in [5.41, 5.74) is 0.136. The van der Waals surface area contributed by atoms with Crippen molar-refractivity contribution in [3.05, 3.63) is 34.2 Å². The normalized spacial score (nSPS) is 15.6. The summed E-state index contributed by atoms with van der Waals surface area (Å²) in [5, 5.41) is 0. The largest absolute Gasteiger partial charge is 0.340 e.